The molecule has 1 atom stereocenters. The summed E-state index contributed by atoms with van der Waals surface area (Å²) in [6.45, 7) is 2.26. The molecule has 1 unspecified atom stereocenters. The Morgan fingerprint density at radius 3 is 2.27 bits per heavy atom. The van der Waals surface area contributed by atoms with Crippen molar-refractivity contribution in [2.24, 2.45) is 5.41 Å². The number of carboxylic acid groups (broad SMARTS) is 1. The molecule has 2 aliphatic heterocycles. The van der Waals surface area contributed by atoms with Gasteiger partial charge in [-0.05, 0) is 43.1 Å². The van der Waals surface area contributed by atoms with Gasteiger partial charge in [0, 0.05) is 19.6 Å². The lowest BCUT2D eigenvalue weighted by Crippen LogP contribution is -2.51. The number of amides is 1. The van der Waals surface area contributed by atoms with E-state index in [2.05, 4.69) is 22.3 Å². The highest BCUT2D eigenvalue weighted by Crippen LogP contribution is 2.45. The largest absolute Gasteiger partial charge is 0.480 e. The Hall–Kier alpha value is -1.88. The lowest BCUT2D eigenvalue weighted by atomic mass is 9.74. The lowest BCUT2D eigenvalue weighted by molar-refractivity contribution is -0.141. The molecule has 4 rings (SSSR count). The number of nitrogens with one attached hydrogen (secondary N) is 1. The zero-order valence-corrected chi connectivity index (χ0v) is 15.2. The van der Waals surface area contributed by atoms with Crippen molar-refractivity contribution in [2.45, 2.75) is 56.4 Å². The zero-order valence-electron chi connectivity index (χ0n) is 15.2. The molecular weight excluding hydrogens is 328 g/mol. The van der Waals surface area contributed by atoms with Crippen molar-refractivity contribution < 1.29 is 14.7 Å². The average molecular weight is 356 g/mol. The molecule has 1 amide bonds. The molecule has 3 fully saturated rings. The van der Waals surface area contributed by atoms with Gasteiger partial charge in [-0.1, -0.05) is 43.2 Å². The molecule has 26 heavy (non-hydrogen) atoms. The third-order valence-electron chi connectivity index (χ3n) is 6.96. The van der Waals surface area contributed by atoms with E-state index in [1.54, 1.807) is 0 Å². The van der Waals surface area contributed by atoms with Crippen molar-refractivity contribution in [3.05, 3.63) is 35.9 Å². The second-order valence-electron chi connectivity index (χ2n) is 8.42. The first-order valence-electron chi connectivity index (χ1n) is 9.86. The molecule has 0 aromatic heterocycles. The van der Waals surface area contributed by atoms with Crippen LogP contribution in [0.1, 0.15) is 50.5 Å². The molecule has 1 saturated carbocycles. The number of benzene rings is 1. The molecule has 5 heteroatoms. The van der Waals surface area contributed by atoms with Crippen molar-refractivity contribution >= 4 is 11.9 Å². The minimum atomic E-state index is -0.755. The summed E-state index contributed by atoms with van der Waals surface area (Å²) in [7, 11) is 0. The Morgan fingerprint density at radius 1 is 1.04 bits per heavy atom. The third kappa shape index (κ3) is 2.92. The number of piperidine rings is 1. The summed E-state index contributed by atoms with van der Waals surface area (Å²) in [4.78, 5) is 26.8. The van der Waals surface area contributed by atoms with E-state index in [1.165, 1.54) is 0 Å². The molecule has 1 aromatic rings. The molecule has 2 saturated heterocycles. The van der Waals surface area contributed by atoms with Crippen LogP contribution in [0.2, 0.25) is 0 Å². The third-order valence-corrected chi connectivity index (χ3v) is 6.96. The monoisotopic (exact) mass is 356 g/mol. The van der Waals surface area contributed by atoms with E-state index >= 15 is 0 Å². The van der Waals surface area contributed by atoms with Gasteiger partial charge in [0.1, 0.15) is 6.04 Å². The molecule has 1 aliphatic carbocycles. The summed E-state index contributed by atoms with van der Waals surface area (Å²) in [5.74, 6) is -0.467. The molecule has 1 spiro atoms. The number of carboxylic acids is 1. The van der Waals surface area contributed by atoms with Gasteiger partial charge in [-0.2, -0.15) is 0 Å². The van der Waals surface area contributed by atoms with Gasteiger partial charge >= 0.3 is 5.97 Å². The maximum Gasteiger partial charge on any atom is 0.320 e. The summed E-state index contributed by atoms with van der Waals surface area (Å²) in [5, 5.41) is 12.4. The van der Waals surface area contributed by atoms with Gasteiger partial charge in [0.25, 0.3) is 0 Å². The Morgan fingerprint density at radius 2 is 1.69 bits per heavy atom. The molecule has 1 aromatic carbocycles. The molecule has 2 N–H and O–H groups in total. The van der Waals surface area contributed by atoms with Gasteiger partial charge < -0.3 is 15.3 Å². The van der Waals surface area contributed by atoms with E-state index in [0.29, 0.717) is 6.42 Å². The fraction of sp³-hybridized carbons (Fsp3) is 0.619. The molecule has 140 valence electrons. The van der Waals surface area contributed by atoms with E-state index in [9.17, 15) is 14.7 Å². The normalized spacial score (nSPS) is 26.9. The van der Waals surface area contributed by atoms with Gasteiger partial charge in [0.05, 0.1) is 5.41 Å². The van der Waals surface area contributed by atoms with Gasteiger partial charge in [-0.15, -0.1) is 0 Å². The lowest BCUT2D eigenvalue weighted by Gasteiger charge is -2.42. The van der Waals surface area contributed by atoms with E-state index in [-0.39, 0.29) is 16.7 Å². The summed E-state index contributed by atoms with van der Waals surface area (Å²) in [6.07, 6.45) is 6.61. The molecular formula is C21H28N2O3. The minimum Gasteiger partial charge on any atom is -0.480 e. The first-order chi connectivity index (χ1) is 12.5. The number of carbonyl (C=O) groups is 2. The van der Waals surface area contributed by atoms with Crippen LogP contribution in [0.5, 0.6) is 0 Å². The number of carbonyl (C=O) groups excluding carboxylic acids is 1. The number of aliphatic carboxylic acids is 1. The van der Waals surface area contributed by atoms with E-state index in [0.717, 1.165) is 63.7 Å². The zero-order chi connectivity index (χ0) is 18.2. The Labute approximate surface area is 154 Å². The average Bonchev–Trinajstić information content (AvgIpc) is 3.31. The van der Waals surface area contributed by atoms with Crippen molar-refractivity contribution in [3.8, 4) is 0 Å². The minimum absolute atomic E-state index is 0.0510. The first kappa shape index (κ1) is 17.5. The number of likely N-dealkylation sites (tertiary alicyclic amines) is 1. The van der Waals surface area contributed by atoms with Crippen LogP contribution >= 0.6 is 0 Å². The van der Waals surface area contributed by atoms with E-state index in [1.807, 2.05) is 18.2 Å². The SMILES string of the molecule is O=C(O)C1CC2(CCN(C(=O)C3(c4ccccc4)CCCC3)CC2)CN1. The Balaban J connectivity index is 1.47. The standard InChI is InChI=1S/C21H28N2O3/c24-18(25)17-14-20(15-22-17)10-12-23(13-11-20)19(26)21(8-4-5-9-21)16-6-2-1-3-7-16/h1-3,6-7,17,22H,4-5,8-15H2,(H,24,25). The molecule has 0 radical (unpaired) electrons. The molecule has 2 heterocycles. The quantitative estimate of drug-likeness (QED) is 0.873. The van der Waals surface area contributed by atoms with Crippen LogP contribution in [-0.2, 0) is 15.0 Å². The van der Waals surface area contributed by atoms with Crippen LogP contribution in [0.15, 0.2) is 30.3 Å². The predicted octanol–water partition coefficient (Wildman–Crippen LogP) is 2.55. The van der Waals surface area contributed by atoms with Crippen LogP contribution in [0.3, 0.4) is 0 Å². The second kappa shape index (κ2) is 6.69. The van der Waals surface area contributed by atoms with Gasteiger partial charge in [0.2, 0.25) is 5.91 Å². The van der Waals surface area contributed by atoms with Crippen LogP contribution in [-0.4, -0.2) is 47.6 Å². The second-order valence-corrected chi connectivity index (χ2v) is 8.42. The maximum atomic E-state index is 13.5. The van der Waals surface area contributed by atoms with Crippen molar-refractivity contribution in [1.82, 2.24) is 10.2 Å². The summed E-state index contributed by atoms with van der Waals surface area (Å²) in [5.41, 5.74) is 0.870. The number of hydrogen-bond donors (Lipinski definition) is 2. The van der Waals surface area contributed by atoms with Crippen LogP contribution in [0, 0.1) is 5.41 Å². The summed E-state index contributed by atoms with van der Waals surface area (Å²) >= 11 is 0. The fourth-order valence-electron chi connectivity index (χ4n) is 5.32. The first-order valence-corrected chi connectivity index (χ1v) is 9.86. The van der Waals surface area contributed by atoms with E-state index in [4.69, 9.17) is 0 Å². The summed E-state index contributed by atoms with van der Waals surface area (Å²) in [6, 6.07) is 9.85. The molecule has 0 bridgehead atoms. The molecule has 5 nitrogen and oxygen atoms in total. The number of nitrogens with zero attached hydrogens (tertiary/aromatic N) is 1. The van der Waals surface area contributed by atoms with Crippen molar-refractivity contribution in [3.63, 3.8) is 0 Å². The Bertz CT molecular complexity index is 674. The number of hydrogen-bond acceptors (Lipinski definition) is 3. The highest BCUT2D eigenvalue weighted by atomic mass is 16.4. The predicted molar refractivity (Wildman–Crippen MR) is 98.9 cm³/mol. The highest BCUT2D eigenvalue weighted by molar-refractivity contribution is 5.88. The van der Waals surface area contributed by atoms with Gasteiger partial charge in [0.15, 0.2) is 0 Å². The van der Waals surface area contributed by atoms with E-state index < -0.39 is 12.0 Å². The number of rotatable bonds is 3. The Kier molecular flexibility index (Phi) is 4.51. The van der Waals surface area contributed by atoms with Crippen LogP contribution in [0.25, 0.3) is 0 Å². The molecule has 3 aliphatic rings. The summed E-state index contributed by atoms with van der Waals surface area (Å²) < 4.78 is 0. The van der Waals surface area contributed by atoms with Crippen LogP contribution < -0.4 is 5.32 Å². The highest BCUT2D eigenvalue weighted by Gasteiger charge is 2.48. The van der Waals surface area contributed by atoms with Gasteiger partial charge in [-0.25, -0.2) is 0 Å². The van der Waals surface area contributed by atoms with Crippen molar-refractivity contribution in [1.29, 1.82) is 0 Å². The topological polar surface area (TPSA) is 69.6 Å². The fourth-order valence-corrected chi connectivity index (χ4v) is 5.32. The van der Waals surface area contributed by atoms with Gasteiger partial charge in [-0.3, -0.25) is 9.59 Å². The maximum absolute atomic E-state index is 13.5. The smallest absolute Gasteiger partial charge is 0.320 e. The van der Waals surface area contributed by atoms with Crippen molar-refractivity contribution in [2.75, 3.05) is 19.6 Å². The van der Waals surface area contributed by atoms with Crippen LogP contribution in [0.4, 0.5) is 0 Å².